The fourth-order valence-electron chi connectivity index (χ4n) is 1.94. The summed E-state index contributed by atoms with van der Waals surface area (Å²) in [5.41, 5.74) is 5.88. The number of hydrogen-bond acceptors (Lipinski definition) is 4. The number of nitrogens with two attached hydrogens (primary N) is 1. The van der Waals surface area contributed by atoms with Crippen molar-refractivity contribution >= 4 is 28.7 Å². The fourth-order valence-corrected chi connectivity index (χ4v) is 1.94. The van der Waals surface area contributed by atoms with E-state index >= 15 is 0 Å². The molecule has 0 unspecified atom stereocenters. The van der Waals surface area contributed by atoms with Crippen LogP contribution in [0.1, 0.15) is 16.8 Å². The van der Waals surface area contributed by atoms with Crippen molar-refractivity contribution in [2.24, 2.45) is 5.73 Å². The van der Waals surface area contributed by atoms with Gasteiger partial charge >= 0.3 is 5.97 Å². The van der Waals surface area contributed by atoms with Crippen molar-refractivity contribution in [1.82, 2.24) is 10.3 Å². The van der Waals surface area contributed by atoms with Gasteiger partial charge in [-0.25, -0.2) is 4.79 Å². The van der Waals surface area contributed by atoms with Gasteiger partial charge < -0.3 is 16.2 Å². The fraction of sp³-hybridized carbons (Fsp3) is 0.143. The maximum atomic E-state index is 12.2. The van der Waals surface area contributed by atoms with E-state index in [0.717, 1.165) is 0 Å². The molecule has 0 bridgehead atoms. The number of hydrogen-bond donors (Lipinski definition) is 3. The molecule has 7 heteroatoms. The summed E-state index contributed by atoms with van der Waals surface area (Å²) in [5, 5.41) is 11.9. The number of primary amides is 1. The highest BCUT2D eigenvalue weighted by Crippen LogP contribution is 2.16. The summed E-state index contributed by atoms with van der Waals surface area (Å²) < 4.78 is 0. The van der Waals surface area contributed by atoms with Gasteiger partial charge in [-0.3, -0.25) is 14.6 Å². The van der Waals surface area contributed by atoms with Gasteiger partial charge in [0, 0.05) is 17.1 Å². The Kier molecular flexibility index (Phi) is 4.13. The first-order chi connectivity index (χ1) is 9.99. The first-order valence-corrected chi connectivity index (χ1v) is 6.14. The summed E-state index contributed by atoms with van der Waals surface area (Å²) in [6.07, 6.45) is 1.13. The molecule has 0 fully saturated rings. The van der Waals surface area contributed by atoms with Crippen molar-refractivity contribution in [2.75, 3.05) is 0 Å². The molecule has 0 saturated carbocycles. The van der Waals surface area contributed by atoms with Gasteiger partial charge in [-0.05, 0) is 18.2 Å². The number of carboxylic acid groups (broad SMARTS) is 1. The number of benzene rings is 1. The summed E-state index contributed by atoms with van der Waals surface area (Å²) in [4.78, 5) is 38.2. The third kappa shape index (κ3) is 3.33. The van der Waals surface area contributed by atoms with Gasteiger partial charge in [0.15, 0.2) is 0 Å². The van der Waals surface area contributed by atoms with E-state index in [-0.39, 0.29) is 5.56 Å². The van der Waals surface area contributed by atoms with Crippen LogP contribution in [0.4, 0.5) is 0 Å². The van der Waals surface area contributed by atoms with Crippen molar-refractivity contribution in [1.29, 1.82) is 0 Å². The number of carboxylic acids is 1. The van der Waals surface area contributed by atoms with Gasteiger partial charge in [0.2, 0.25) is 5.91 Å². The van der Waals surface area contributed by atoms with Crippen LogP contribution < -0.4 is 11.1 Å². The molecule has 0 saturated heterocycles. The van der Waals surface area contributed by atoms with Crippen LogP contribution in [0.15, 0.2) is 36.5 Å². The summed E-state index contributed by atoms with van der Waals surface area (Å²) in [7, 11) is 0. The lowest BCUT2D eigenvalue weighted by molar-refractivity contribution is -0.140. The maximum absolute atomic E-state index is 12.2. The summed E-state index contributed by atoms with van der Waals surface area (Å²) >= 11 is 0. The van der Waals surface area contributed by atoms with Crippen molar-refractivity contribution in [3.63, 3.8) is 0 Å². The van der Waals surface area contributed by atoms with Crippen LogP contribution in [0.3, 0.4) is 0 Å². The molecule has 0 spiro atoms. The molecule has 2 rings (SSSR count). The standard InChI is InChI=1S/C14H13N3O4/c15-12(18)7-11(14(20)21)17-13(19)9-3-1-5-10-8(9)4-2-6-16-10/h1-6,11H,7H2,(H2,15,18)(H,17,19)(H,20,21)/t11-/m1/s1. The highest BCUT2D eigenvalue weighted by Gasteiger charge is 2.23. The molecule has 108 valence electrons. The molecule has 7 nitrogen and oxygen atoms in total. The average Bonchev–Trinajstić information content (AvgIpc) is 2.45. The Hall–Kier alpha value is -2.96. The van der Waals surface area contributed by atoms with Gasteiger partial charge in [-0.15, -0.1) is 0 Å². The van der Waals surface area contributed by atoms with Crippen LogP contribution in [0.25, 0.3) is 10.9 Å². The van der Waals surface area contributed by atoms with E-state index in [2.05, 4.69) is 10.3 Å². The number of carbonyl (C=O) groups excluding carboxylic acids is 2. The van der Waals surface area contributed by atoms with Gasteiger partial charge in [0.25, 0.3) is 5.91 Å². The van der Waals surface area contributed by atoms with Crippen molar-refractivity contribution in [3.05, 3.63) is 42.1 Å². The number of carbonyl (C=O) groups is 3. The Morgan fingerprint density at radius 3 is 2.67 bits per heavy atom. The summed E-state index contributed by atoms with van der Waals surface area (Å²) in [6, 6.07) is 6.97. The third-order valence-electron chi connectivity index (χ3n) is 2.90. The minimum absolute atomic E-state index is 0.288. The Morgan fingerprint density at radius 1 is 1.24 bits per heavy atom. The Labute approximate surface area is 119 Å². The Balaban J connectivity index is 2.29. The minimum atomic E-state index is -1.36. The van der Waals surface area contributed by atoms with Gasteiger partial charge in [0.05, 0.1) is 11.9 Å². The second-order valence-electron chi connectivity index (χ2n) is 4.41. The molecule has 0 aliphatic rings. The molecule has 0 aliphatic carbocycles. The smallest absolute Gasteiger partial charge is 0.326 e. The SMILES string of the molecule is NC(=O)C[C@@H](NC(=O)c1cccc2ncccc12)C(=O)O. The topological polar surface area (TPSA) is 122 Å². The number of aromatic nitrogens is 1. The van der Waals surface area contributed by atoms with Crippen LogP contribution in [0.2, 0.25) is 0 Å². The molecule has 1 atom stereocenters. The summed E-state index contributed by atoms with van der Waals surface area (Å²) in [5.74, 6) is -2.72. The van der Waals surface area contributed by atoms with Gasteiger partial charge in [-0.2, -0.15) is 0 Å². The van der Waals surface area contributed by atoms with E-state index in [1.165, 1.54) is 0 Å². The largest absolute Gasteiger partial charge is 0.480 e. The zero-order valence-electron chi connectivity index (χ0n) is 10.9. The number of fused-ring (bicyclic) bond motifs is 1. The van der Waals surface area contributed by atoms with Crippen LogP contribution >= 0.6 is 0 Å². The summed E-state index contributed by atoms with van der Waals surface area (Å²) in [6.45, 7) is 0. The molecule has 0 radical (unpaired) electrons. The molecule has 0 aliphatic heterocycles. The van der Waals surface area contributed by atoms with Gasteiger partial charge in [-0.1, -0.05) is 12.1 Å². The number of pyridine rings is 1. The van der Waals surface area contributed by atoms with Crippen molar-refractivity contribution < 1.29 is 19.5 Å². The second kappa shape index (κ2) is 6.00. The van der Waals surface area contributed by atoms with E-state index in [4.69, 9.17) is 10.8 Å². The number of rotatable bonds is 5. The predicted molar refractivity (Wildman–Crippen MR) is 74.4 cm³/mol. The Morgan fingerprint density at radius 2 is 2.00 bits per heavy atom. The van der Waals surface area contributed by atoms with E-state index < -0.39 is 30.2 Å². The van der Waals surface area contributed by atoms with E-state index in [1.807, 2.05) is 0 Å². The molecular weight excluding hydrogens is 274 g/mol. The predicted octanol–water partition coefficient (Wildman–Crippen LogP) is 0.293. The normalized spacial score (nSPS) is 11.8. The molecular formula is C14H13N3O4. The van der Waals surface area contributed by atoms with E-state index in [0.29, 0.717) is 10.9 Å². The molecule has 21 heavy (non-hydrogen) atoms. The molecule has 2 aromatic rings. The monoisotopic (exact) mass is 287 g/mol. The van der Waals surface area contributed by atoms with Crippen molar-refractivity contribution in [2.45, 2.75) is 12.5 Å². The molecule has 1 aromatic heterocycles. The Bertz CT molecular complexity index is 709. The lowest BCUT2D eigenvalue weighted by atomic mass is 10.1. The van der Waals surface area contributed by atoms with Crippen molar-refractivity contribution in [3.8, 4) is 0 Å². The van der Waals surface area contributed by atoms with Crippen LogP contribution in [0.5, 0.6) is 0 Å². The minimum Gasteiger partial charge on any atom is -0.480 e. The number of nitrogens with one attached hydrogen (secondary N) is 1. The lowest BCUT2D eigenvalue weighted by Crippen LogP contribution is -2.43. The zero-order valence-corrected chi connectivity index (χ0v) is 10.9. The first-order valence-electron chi connectivity index (χ1n) is 6.14. The molecule has 4 N–H and O–H groups in total. The number of aliphatic carboxylic acids is 1. The quantitative estimate of drug-likeness (QED) is 0.729. The number of nitrogens with zero attached hydrogens (tertiary/aromatic N) is 1. The van der Waals surface area contributed by atoms with E-state index in [9.17, 15) is 14.4 Å². The van der Waals surface area contributed by atoms with Crippen LogP contribution in [-0.4, -0.2) is 33.9 Å². The molecule has 2 amide bonds. The third-order valence-corrected chi connectivity index (χ3v) is 2.90. The highest BCUT2D eigenvalue weighted by molar-refractivity contribution is 6.07. The number of amides is 2. The van der Waals surface area contributed by atoms with Crippen LogP contribution in [0, 0.1) is 0 Å². The highest BCUT2D eigenvalue weighted by atomic mass is 16.4. The first kappa shape index (κ1) is 14.4. The maximum Gasteiger partial charge on any atom is 0.326 e. The lowest BCUT2D eigenvalue weighted by Gasteiger charge is -2.13. The van der Waals surface area contributed by atoms with Crippen LogP contribution in [-0.2, 0) is 9.59 Å². The van der Waals surface area contributed by atoms with E-state index in [1.54, 1.807) is 36.5 Å². The zero-order chi connectivity index (χ0) is 15.4. The molecule has 1 aromatic carbocycles. The second-order valence-corrected chi connectivity index (χ2v) is 4.41. The van der Waals surface area contributed by atoms with Gasteiger partial charge in [0.1, 0.15) is 6.04 Å². The molecule has 1 heterocycles. The average molecular weight is 287 g/mol.